The third-order valence-corrected chi connectivity index (χ3v) is 6.41. The highest BCUT2D eigenvalue weighted by atomic mass is 35.5. The highest BCUT2D eigenvalue weighted by Crippen LogP contribution is 2.31. The van der Waals surface area contributed by atoms with Gasteiger partial charge in [0.05, 0.1) is 0 Å². The van der Waals surface area contributed by atoms with Crippen LogP contribution in [0.3, 0.4) is 0 Å². The first kappa shape index (κ1) is 23.0. The Hall–Kier alpha value is -3.75. The molecule has 180 valence electrons. The van der Waals surface area contributed by atoms with Crippen molar-refractivity contribution < 1.29 is 24.2 Å². The van der Waals surface area contributed by atoms with E-state index in [0.29, 0.717) is 23.9 Å². The Bertz CT molecular complexity index is 1420. The molecule has 0 fully saturated rings. The maximum absolute atomic E-state index is 11.8. The average molecular weight is 494 g/mol. The third kappa shape index (κ3) is 5.03. The number of fused-ring (bicyclic) bond motifs is 2. The molecule has 9 heteroatoms. The number of rotatable bonds is 7. The van der Waals surface area contributed by atoms with Crippen molar-refractivity contribution in [1.29, 1.82) is 0 Å². The molecule has 8 nitrogen and oxygen atoms in total. The molecule has 0 aliphatic carbocycles. The summed E-state index contributed by atoms with van der Waals surface area (Å²) in [6.07, 6.45) is 6.03. The molecule has 1 aliphatic heterocycles. The van der Waals surface area contributed by atoms with Gasteiger partial charge in [-0.25, -0.2) is 9.59 Å². The summed E-state index contributed by atoms with van der Waals surface area (Å²) in [5, 5.41) is 11.7. The number of carbonyl (C=O) groups is 2. The number of nitrogens with zero attached hydrogens (tertiary/aromatic N) is 1. The topological polar surface area (TPSA) is 108 Å². The molecule has 0 radical (unpaired) electrons. The molecule has 2 aromatic carbocycles. The molecule has 3 N–H and O–H groups in total. The van der Waals surface area contributed by atoms with Gasteiger partial charge in [0.1, 0.15) is 18.5 Å². The van der Waals surface area contributed by atoms with Gasteiger partial charge in [0.25, 0.3) is 0 Å². The number of hydrogen-bond donors (Lipinski definition) is 3. The van der Waals surface area contributed by atoms with Crippen LogP contribution in [0.25, 0.3) is 27.4 Å². The normalized spacial score (nSPS) is 15.2. The van der Waals surface area contributed by atoms with E-state index in [1.54, 1.807) is 0 Å². The lowest BCUT2D eigenvalue weighted by Crippen LogP contribution is -2.41. The molecule has 0 spiro atoms. The molecule has 2 aromatic heterocycles. The molecule has 0 saturated heterocycles. The van der Waals surface area contributed by atoms with Crippen LogP contribution in [-0.4, -0.2) is 64.3 Å². The molecule has 1 aliphatic rings. The van der Waals surface area contributed by atoms with Crippen LogP contribution in [0.5, 0.6) is 5.75 Å². The SMILES string of the molecule is O=C(O)C(=O)OC(COc1cccc2[nH]ccc12)CN1CC=C(c2c[nH]c3cc(Cl)ccc23)CC1. The molecule has 4 aromatic rings. The van der Waals surface area contributed by atoms with Gasteiger partial charge in [-0.15, -0.1) is 0 Å². The van der Waals surface area contributed by atoms with E-state index in [1.165, 1.54) is 5.57 Å². The zero-order valence-electron chi connectivity index (χ0n) is 18.8. The minimum Gasteiger partial charge on any atom is -0.489 e. The number of H-pyrrole nitrogens is 2. The highest BCUT2D eigenvalue weighted by Gasteiger charge is 2.25. The van der Waals surface area contributed by atoms with E-state index in [1.807, 2.05) is 54.9 Å². The summed E-state index contributed by atoms with van der Waals surface area (Å²) in [6.45, 7) is 1.78. The standard InChI is InChI=1S/C26H24ClN3O5/c27-17-4-5-19-21(13-29-23(19)12-17)16-7-10-30(11-8-16)14-18(35-26(33)25(31)32)15-34-24-3-1-2-22-20(24)6-9-28-22/h1-7,9,12-13,18,28-29H,8,10-11,14-15H2,(H,31,32). The Kier molecular flexibility index (Phi) is 6.48. The van der Waals surface area contributed by atoms with Gasteiger partial charge in [-0.2, -0.15) is 0 Å². The molecule has 0 bridgehead atoms. The third-order valence-electron chi connectivity index (χ3n) is 6.17. The van der Waals surface area contributed by atoms with Crippen LogP contribution in [0.15, 0.2) is 60.9 Å². The Morgan fingerprint density at radius 1 is 1.11 bits per heavy atom. The largest absolute Gasteiger partial charge is 0.489 e. The van der Waals surface area contributed by atoms with E-state index in [4.69, 9.17) is 26.2 Å². The molecule has 1 atom stereocenters. The van der Waals surface area contributed by atoms with E-state index >= 15 is 0 Å². The summed E-state index contributed by atoms with van der Waals surface area (Å²) in [5.41, 5.74) is 4.29. The lowest BCUT2D eigenvalue weighted by atomic mass is 9.99. The first-order chi connectivity index (χ1) is 17.0. The molecule has 0 saturated carbocycles. The van der Waals surface area contributed by atoms with Crippen LogP contribution in [0, 0.1) is 0 Å². The van der Waals surface area contributed by atoms with E-state index in [-0.39, 0.29) is 6.61 Å². The summed E-state index contributed by atoms with van der Waals surface area (Å²) in [5.74, 6) is -2.27. The maximum Gasteiger partial charge on any atom is 0.417 e. The number of hydrogen-bond acceptors (Lipinski definition) is 5. The number of halogens is 1. The number of carbonyl (C=O) groups excluding carboxylic acids is 1. The van der Waals surface area contributed by atoms with Gasteiger partial charge in [-0.05, 0) is 42.3 Å². The zero-order valence-corrected chi connectivity index (χ0v) is 19.5. The van der Waals surface area contributed by atoms with Gasteiger partial charge in [0.2, 0.25) is 0 Å². The zero-order chi connectivity index (χ0) is 24.4. The fourth-order valence-corrected chi connectivity index (χ4v) is 4.64. The fraction of sp³-hybridized carbons (Fsp3) is 0.231. The number of nitrogens with one attached hydrogen (secondary N) is 2. The summed E-state index contributed by atoms with van der Waals surface area (Å²) < 4.78 is 11.2. The number of carboxylic acid groups (broad SMARTS) is 1. The second-order valence-corrected chi connectivity index (χ2v) is 8.91. The van der Waals surface area contributed by atoms with Crippen LogP contribution >= 0.6 is 11.6 Å². The lowest BCUT2D eigenvalue weighted by molar-refractivity contribution is -0.168. The number of aromatic amines is 2. The number of ether oxygens (including phenoxy) is 2. The van der Waals surface area contributed by atoms with Crippen molar-refractivity contribution in [3.63, 3.8) is 0 Å². The molecule has 5 rings (SSSR count). The highest BCUT2D eigenvalue weighted by molar-refractivity contribution is 6.31. The van der Waals surface area contributed by atoms with E-state index in [9.17, 15) is 9.59 Å². The van der Waals surface area contributed by atoms with Crippen LogP contribution in [0.2, 0.25) is 5.02 Å². The minimum atomic E-state index is -1.62. The van der Waals surface area contributed by atoms with Crippen LogP contribution in [0.4, 0.5) is 0 Å². The van der Waals surface area contributed by atoms with E-state index in [0.717, 1.165) is 40.3 Å². The summed E-state index contributed by atoms with van der Waals surface area (Å²) in [4.78, 5) is 31.4. The fourth-order valence-electron chi connectivity index (χ4n) is 4.46. The van der Waals surface area contributed by atoms with Gasteiger partial charge in [-0.3, -0.25) is 4.90 Å². The van der Waals surface area contributed by atoms with Crippen LogP contribution < -0.4 is 4.74 Å². The monoisotopic (exact) mass is 493 g/mol. The number of esters is 1. The molecular formula is C26H24ClN3O5. The molecule has 3 heterocycles. The van der Waals surface area contributed by atoms with E-state index < -0.39 is 18.0 Å². The number of aliphatic carboxylic acids is 1. The van der Waals surface area contributed by atoms with Crippen molar-refractivity contribution in [1.82, 2.24) is 14.9 Å². The Morgan fingerprint density at radius 2 is 2.00 bits per heavy atom. The van der Waals surface area contributed by atoms with Gasteiger partial charge in [0, 0.05) is 64.4 Å². The predicted octanol–water partition coefficient (Wildman–Crippen LogP) is 4.47. The average Bonchev–Trinajstić information content (AvgIpc) is 3.50. The van der Waals surface area contributed by atoms with Crippen molar-refractivity contribution in [2.45, 2.75) is 12.5 Å². The Morgan fingerprint density at radius 3 is 2.80 bits per heavy atom. The summed E-state index contributed by atoms with van der Waals surface area (Å²) in [7, 11) is 0. The van der Waals surface area contributed by atoms with Gasteiger partial charge < -0.3 is 24.5 Å². The smallest absolute Gasteiger partial charge is 0.417 e. The van der Waals surface area contributed by atoms with Gasteiger partial charge in [-0.1, -0.05) is 29.8 Å². The summed E-state index contributed by atoms with van der Waals surface area (Å²) >= 11 is 6.10. The van der Waals surface area contributed by atoms with Crippen molar-refractivity contribution >= 4 is 50.9 Å². The van der Waals surface area contributed by atoms with Crippen molar-refractivity contribution in [3.8, 4) is 5.75 Å². The Balaban J connectivity index is 1.27. The number of carboxylic acids is 1. The first-order valence-corrected chi connectivity index (χ1v) is 11.7. The van der Waals surface area contributed by atoms with Crippen molar-refractivity contribution in [3.05, 3.63) is 71.5 Å². The second-order valence-electron chi connectivity index (χ2n) is 8.47. The number of benzene rings is 2. The van der Waals surface area contributed by atoms with Crippen molar-refractivity contribution in [2.24, 2.45) is 0 Å². The second kappa shape index (κ2) is 9.85. The minimum absolute atomic E-state index is 0.0413. The van der Waals surface area contributed by atoms with Crippen LogP contribution in [-0.2, 0) is 14.3 Å². The van der Waals surface area contributed by atoms with Crippen molar-refractivity contribution in [2.75, 3.05) is 26.2 Å². The van der Waals surface area contributed by atoms with E-state index in [2.05, 4.69) is 20.9 Å². The quantitative estimate of drug-likeness (QED) is 0.259. The lowest BCUT2D eigenvalue weighted by Gasteiger charge is -2.29. The molecule has 35 heavy (non-hydrogen) atoms. The molecule has 1 unspecified atom stereocenters. The van der Waals surface area contributed by atoms with Gasteiger partial charge >= 0.3 is 11.9 Å². The number of aromatic nitrogens is 2. The molecular weight excluding hydrogens is 470 g/mol. The van der Waals surface area contributed by atoms with Crippen LogP contribution in [0.1, 0.15) is 12.0 Å². The first-order valence-electron chi connectivity index (χ1n) is 11.3. The summed E-state index contributed by atoms with van der Waals surface area (Å²) in [6, 6.07) is 13.3. The predicted molar refractivity (Wildman–Crippen MR) is 134 cm³/mol. The van der Waals surface area contributed by atoms with Gasteiger partial charge in [0.15, 0.2) is 0 Å². The Labute approximate surface area is 206 Å². The molecule has 0 amide bonds. The maximum atomic E-state index is 11.8.